The maximum Gasteiger partial charge on any atom is 0.346 e. The third-order valence-electron chi connectivity index (χ3n) is 1.49. The van der Waals surface area contributed by atoms with E-state index in [0.29, 0.717) is 0 Å². The summed E-state index contributed by atoms with van der Waals surface area (Å²) in [5.74, 6) is -0.558. The van der Waals surface area contributed by atoms with Gasteiger partial charge in [0.15, 0.2) is 5.78 Å². The topological polar surface area (TPSA) is 91.9 Å². The van der Waals surface area contributed by atoms with Gasteiger partial charge in [0.25, 0.3) is 0 Å². The van der Waals surface area contributed by atoms with E-state index in [-0.39, 0.29) is 23.1 Å². The summed E-state index contributed by atoms with van der Waals surface area (Å²) in [6.45, 7) is 2.60. The minimum atomic E-state index is -0.612. The number of nitrogens with zero attached hydrogens (tertiary/aromatic N) is 1. The molecular formula is C8H9N3O3. The van der Waals surface area contributed by atoms with Crippen molar-refractivity contribution in [3.8, 4) is 0 Å². The van der Waals surface area contributed by atoms with Crippen molar-refractivity contribution in [3.63, 3.8) is 0 Å². The molecule has 1 rings (SSSR count). The summed E-state index contributed by atoms with van der Waals surface area (Å²) in [6.07, 6.45) is 1.13. The normalized spacial score (nSPS) is 9.57. The predicted octanol–water partition coefficient (Wildman–Crippen LogP) is -0.0691. The van der Waals surface area contributed by atoms with Gasteiger partial charge in [-0.2, -0.15) is 0 Å². The van der Waals surface area contributed by atoms with Crippen LogP contribution in [0.15, 0.2) is 11.0 Å². The summed E-state index contributed by atoms with van der Waals surface area (Å²) in [5, 5.41) is 2.34. The van der Waals surface area contributed by atoms with Gasteiger partial charge >= 0.3 is 5.69 Å². The van der Waals surface area contributed by atoms with Gasteiger partial charge in [-0.25, -0.2) is 9.78 Å². The van der Waals surface area contributed by atoms with Crippen molar-refractivity contribution in [2.45, 2.75) is 13.8 Å². The van der Waals surface area contributed by atoms with Crippen molar-refractivity contribution in [2.75, 3.05) is 5.32 Å². The number of anilines is 1. The summed E-state index contributed by atoms with van der Waals surface area (Å²) >= 11 is 0. The van der Waals surface area contributed by atoms with Gasteiger partial charge in [0.2, 0.25) is 5.91 Å². The first-order valence-corrected chi connectivity index (χ1v) is 3.88. The molecule has 0 bridgehead atoms. The summed E-state index contributed by atoms with van der Waals surface area (Å²) < 4.78 is 0. The van der Waals surface area contributed by atoms with Gasteiger partial charge in [0.1, 0.15) is 5.82 Å². The Morgan fingerprint density at radius 2 is 2.07 bits per heavy atom. The molecular weight excluding hydrogens is 186 g/mol. The van der Waals surface area contributed by atoms with Crippen LogP contribution in [-0.2, 0) is 4.79 Å². The van der Waals surface area contributed by atoms with Crippen LogP contribution in [0.1, 0.15) is 24.2 Å². The molecule has 1 amide bonds. The number of ketones is 1. The number of aromatic nitrogens is 2. The van der Waals surface area contributed by atoms with E-state index < -0.39 is 5.69 Å². The van der Waals surface area contributed by atoms with Gasteiger partial charge in [-0.05, 0) is 6.92 Å². The van der Waals surface area contributed by atoms with Crippen molar-refractivity contribution in [1.29, 1.82) is 0 Å². The number of H-pyrrole nitrogens is 1. The van der Waals surface area contributed by atoms with Gasteiger partial charge in [-0.15, -0.1) is 0 Å². The van der Waals surface area contributed by atoms with Gasteiger partial charge in [-0.3, -0.25) is 14.6 Å². The highest BCUT2D eigenvalue weighted by molar-refractivity contribution is 6.01. The van der Waals surface area contributed by atoms with Gasteiger partial charge in [0.05, 0.1) is 5.56 Å². The molecule has 14 heavy (non-hydrogen) atoms. The molecule has 0 radical (unpaired) electrons. The van der Waals surface area contributed by atoms with Crippen molar-refractivity contribution < 1.29 is 9.59 Å². The first kappa shape index (κ1) is 10.1. The van der Waals surface area contributed by atoms with E-state index in [1.807, 2.05) is 0 Å². The quantitative estimate of drug-likeness (QED) is 0.646. The second-order valence-corrected chi connectivity index (χ2v) is 2.71. The standard InChI is InChI=1S/C8H9N3O3/c1-4(12)6-3-9-8(14)11-7(6)10-5(2)13/h3H,1-2H3,(H2,9,10,11,13,14). The highest BCUT2D eigenvalue weighted by atomic mass is 16.2. The summed E-state index contributed by atoms with van der Waals surface area (Å²) in [6, 6.07) is 0. The van der Waals surface area contributed by atoms with E-state index in [2.05, 4.69) is 15.3 Å². The molecule has 6 nitrogen and oxygen atoms in total. The van der Waals surface area contributed by atoms with E-state index in [9.17, 15) is 14.4 Å². The van der Waals surface area contributed by atoms with Crippen molar-refractivity contribution in [1.82, 2.24) is 9.97 Å². The number of hydrogen-bond acceptors (Lipinski definition) is 4. The average molecular weight is 195 g/mol. The fourth-order valence-electron chi connectivity index (χ4n) is 0.936. The maximum absolute atomic E-state index is 11.0. The molecule has 1 heterocycles. The number of carbonyl (C=O) groups excluding carboxylic acids is 2. The summed E-state index contributed by atoms with van der Waals surface area (Å²) in [4.78, 5) is 38.3. The predicted molar refractivity (Wildman–Crippen MR) is 49.2 cm³/mol. The van der Waals surface area contributed by atoms with E-state index in [1.54, 1.807) is 0 Å². The first-order chi connectivity index (χ1) is 6.50. The summed E-state index contributed by atoms with van der Waals surface area (Å²) in [5.41, 5.74) is -0.432. The zero-order chi connectivity index (χ0) is 10.7. The smallest absolute Gasteiger partial charge is 0.312 e. The number of hydrogen-bond donors (Lipinski definition) is 2. The zero-order valence-electron chi connectivity index (χ0n) is 7.75. The Kier molecular flexibility index (Phi) is 2.76. The first-order valence-electron chi connectivity index (χ1n) is 3.88. The fourth-order valence-corrected chi connectivity index (χ4v) is 0.936. The number of Topliss-reactive ketones (excluding diaryl/α,β-unsaturated/α-hetero) is 1. The van der Waals surface area contributed by atoms with Crippen LogP contribution in [0.4, 0.5) is 5.82 Å². The molecule has 0 aromatic carbocycles. The van der Waals surface area contributed by atoms with Crippen LogP contribution in [0.3, 0.4) is 0 Å². The third-order valence-corrected chi connectivity index (χ3v) is 1.49. The zero-order valence-corrected chi connectivity index (χ0v) is 7.75. The molecule has 0 unspecified atom stereocenters. The highest BCUT2D eigenvalue weighted by Gasteiger charge is 2.09. The molecule has 6 heteroatoms. The second kappa shape index (κ2) is 3.82. The number of amides is 1. The molecule has 0 atom stereocenters. The maximum atomic E-state index is 11.0. The molecule has 74 valence electrons. The molecule has 2 N–H and O–H groups in total. The Labute approximate surface area is 79.4 Å². The van der Waals surface area contributed by atoms with Crippen molar-refractivity contribution in [2.24, 2.45) is 0 Å². The molecule has 1 aromatic rings. The number of nitrogens with one attached hydrogen (secondary N) is 2. The van der Waals surface area contributed by atoms with Gasteiger partial charge in [0, 0.05) is 13.1 Å². The molecule has 0 spiro atoms. The largest absolute Gasteiger partial charge is 0.346 e. The Balaban J connectivity index is 3.22. The van der Waals surface area contributed by atoms with Crippen LogP contribution in [0.5, 0.6) is 0 Å². The van der Waals surface area contributed by atoms with E-state index in [1.165, 1.54) is 13.8 Å². The lowest BCUT2D eigenvalue weighted by Gasteiger charge is -2.04. The lowest BCUT2D eigenvalue weighted by molar-refractivity contribution is -0.114. The van der Waals surface area contributed by atoms with Crippen LogP contribution in [-0.4, -0.2) is 21.7 Å². The van der Waals surface area contributed by atoms with Crippen LogP contribution in [0, 0.1) is 0 Å². The third kappa shape index (κ3) is 2.25. The average Bonchev–Trinajstić information content (AvgIpc) is 2.01. The lowest BCUT2D eigenvalue weighted by atomic mass is 10.2. The molecule has 0 aliphatic heterocycles. The molecule has 0 fully saturated rings. The minimum Gasteiger partial charge on any atom is -0.312 e. The van der Waals surface area contributed by atoms with Crippen molar-refractivity contribution >= 4 is 17.5 Å². The van der Waals surface area contributed by atoms with Crippen LogP contribution in [0.2, 0.25) is 0 Å². The molecule has 0 aliphatic rings. The monoisotopic (exact) mass is 195 g/mol. The van der Waals surface area contributed by atoms with Crippen LogP contribution < -0.4 is 11.0 Å². The number of carbonyl (C=O) groups is 2. The Morgan fingerprint density at radius 1 is 1.43 bits per heavy atom. The summed E-state index contributed by atoms with van der Waals surface area (Å²) in [7, 11) is 0. The van der Waals surface area contributed by atoms with Crippen LogP contribution in [0.25, 0.3) is 0 Å². The number of rotatable bonds is 2. The van der Waals surface area contributed by atoms with E-state index in [4.69, 9.17) is 0 Å². The Hall–Kier alpha value is -1.98. The Bertz CT molecular complexity index is 436. The lowest BCUT2D eigenvalue weighted by Crippen LogP contribution is -2.19. The SMILES string of the molecule is CC(=O)Nc1[nH]c(=O)ncc1C(C)=O. The molecule has 1 aromatic heterocycles. The van der Waals surface area contributed by atoms with Crippen molar-refractivity contribution in [3.05, 3.63) is 22.2 Å². The second-order valence-electron chi connectivity index (χ2n) is 2.71. The fraction of sp³-hybridized carbons (Fsp3) is 0.250. The molecule has 0 aliphatic carbocycles. The van der Waals surface area contributed by atoms with Crippen LogP contribution >= 0.6 is 0 Å². The highest BCUT2D eigenvalue weighted by Crippen LogP contribution is 2.08. The number of aromatic amines is 1. The van der Waals surface area contributed by atoms with Gasteiger partial charge < -0.3 is 5.32 Å². The van der Waals surface area contributed by atoms with E-state index in [0.717, 1.165) is 6.20 Å². The minimum absolute atomic E-state index is 0.0880. The molecule has 0 saturated carbocycles. The Morgan fingerprint density at radius 3 is 2.57 bits per heavy atom. The van der Waals surface area contributed by atoms with Gasteiger partial charge in [-0.1, -0.05) is 0 Å². The van der Waals surface area contributed by atoms with E-state index >= 15 is 0 Å². The molecule has 0 saturated heterocycles.